The topological polar surface area (TPSA) is 0 Å². The van der Waals surface area contributed by atoms with E-state index >= 15 is 0 Å². The summed E-state index contributed by atoms with van der Waals surface area (Å²) in [6.07, 6.45) is 14.6. The third-order valence-electron chi connectivity index (χ3n) is 6.57. The molecule has 0 saturated heterocycles. The van der Waals surface area contributed by atoms with Crippen molar-refractivity contribution in [3.05, 3.63) is 159 Å². The van der Waals surface area contributed by atoms with Crippen molar-refractivity contribution in [1.29, 1.82) is 0 Å². The van der Waals surface area contributed by atoms with Crippen LogP contribution in [0, 0.1) is 159 Å². The SMILES string of the molecule is C[B-](c1c(F)c(F)c(F)c(F)c1F)(c1c(F)c(F)c(F)c(F)c1F)c1c(F)c(F)c(F)c(F)c1F.[CH3-].[CH]1[CH][CH][CH][CH]1.[CH]1[CH][CH][CH][CH]1.[Zr+4]. The molecule has 2 aliphatic rings. The molecule has 3 aromatic rings. The molecule has 0 unspecified atom stereocenters. The molecule has 246 valence electrons. The van der Waals surface area contributed by atoms with E-state index in [1.807, 2.05) is 64.2 Å². The average molecular weight is 763 g/mol. The minimum Gasteiger partial charge on any atom is -0.358 e. The predicted octanol–water partition coefficient (Wildman–Crippen LogP) is 7.36. The van der Waals surface area contributed by atoms with E-state index in [1.165, 1.54) is 0 Å². The van der Waals surface area contributed by atoms with Crippen LogP contribution >= 0.6 is 0 Å². The van der Waals surface area contributed by atoms with Gasteiger partial charge in [0, 0.05) is 0 Å². The summed E-state index contributed by atoms with van der Waals surface area (Å²) in [5.74, 6) is -45.1. The third-order valence-corrected chi connectivity index (χ3v) is 6.57. The molecule has 0 aliphatic heterocycles. The van der Waals surface area contributed by atoms with E-state index in [9.17, 15) is 65.9 Å². The first-order chi connectivity index (χ1) is 21.0. The number of hydrogen-bond donors (Lipinski definition) is 0. The second kappa shape index (κ2) is 17.3. The van der Waals surface area contributed by atoms with Crippen LogP contribution in [0.1, 0.15) is 0 Å². The fraction of sp³-hybridized carbons (Fsp3) is 0.0333. The molecular formula is C30H16BF15Zr+2. The van der Waals surface area contributed by atoms with Crippen LogP contribution in [-0.2, 0) is 26.2 Å². The van der Waals surface area contributed by atoms with E-state index < -0.39 is 110 Å². The van der Waals surface area contributed by atoms with Gasteiger partial charge in [-0.05, 0) is 64.2 Å². The van der Waals surface area contributed by atoms with Crippen LogP contribution in [0.3, 0.4) is 0 Å². The van der Waals surface area contributed by atoms with Gasteiger partial charge in [-0.2, -0.15) is 6.82 Å². The summed E-state index contributed by atoms with van der Waals surface area (Å²) in [5, 5.41) is 0. The van der Waals surface area contributed by atoms with Crippen molar-refractivity contribution in [3.8, 4) is 0 Å². The summed E-state index contributed by atoms with van der Waals surface area (Å²) < 4.78 is 212. The van der Waals surface area contributed by atoms with Gasteiger partial charge >= 0.3 is 26.2 Å². The Bertz CT molecular complexity index is 1310. The first kappa shape index (κ1) is 42.6. The Morgan fingerprint density at radius 1 is 0.277 bits per heavy atom. The number of benzene rings is 3. The van der Waals surface area contributed by atoms with E-state index in [4.69, 9.17) is 0 Å². The molecule has 0 N–H and O–H groups in total. The van der Waals surface area contributed by atoms with E-state index in [2.05, 4.69) is 0 Å². The maximum Gasteiger partial charge on any atom is 4.00 e. The molecule has 0 bridgehead atoms. The van der Waals surface area contributed by atoms with Gasteiger partial charge in [-0.25, -0.2) is 65.9 Å². The molecule has 0 amide bonds. The van der Waals surface area contributed by atoms with Gasteiger partial charge in [0.2, 0.25) is 0 Å². The van der Waals surface area contributed by atoms with Gasteiger partial charge in [0.1, 0.15) is 41.0 Å². The Labute approximate surface area is 279 Å². The third kappa shape index (κ3) is 7.90. The van der Waals surface area contributed by atoms with Crippen LogP contribution in [0.5, 0.6) is 0 Å². The molecule has 5 rings (SSSR count). The molecule has 0 heterocycles. The van der Waals surface area contributed by atoms with E-state index in [1.54, 1.807) is 0 Å². The Morgan fingerprint density at radius 3 is 0.511 bits per heavy atom. The zero-order valence-corrected chi connectivity index (χ0v) is 26.0. The quantitative estimate of drug-likeness (QED) is 0.0861. The van der Waals surface area contributed by atoms with Crippen LogP contribution in [0.2, 0.25) is 6.82 Å². The van der Waals surface area contributed by atoms with Gasteiger partial charge in [-0.3, -0.25) is 0 Å². The molecule has 2 fully saturated rings. The van der Waals surface area contributed by atoms with Crippen molar-refractivity contribution in [1.82, 2.24) is 0 Å². The summed E-state index contributed by atoms with van der Waals surface area (Å²) in [6, 6.07) is 0. The largest absolute Gasteiger partial charge is 4.00 e. The van der Waals surface area contributed by atoms with Crippen LogP contribution in [0.25, 0.3) is 0 Å². The molecule has 0 atom stereocenters. The Morgan fingerprint density at radius 2 is 0.383 bits per heavy atom. The van der Waals surface area contributed by atoms with Crippen molar-refractivity contribution < 1.29 is 92.1 Å². The molecule has 47 heavy (non-hydrogen) atoms. The minimum atomic E-state index is -5.41. The maximum absolute atomic E-state index is 14.6. The van der Waals surface area contributed by atoms with Crippen molar-refractivity contribution >= 4 is 22.5 Å². The Hall–Kier alpha value is -2.44. The fourth-order valence-corrected chi connectivity index (χ4v) is 4.46. The van der Waals surface area contributed by atoms with Gasteiger partial charge < -0.3 is 7.43 Å². The summed E-state index contributed by atoms with van der Waals surface area (Å²) in [7, 11) is 0. The fourth-order valence-electron chi connectivity index (χ4n) is 4.46. The first-order valence-corrected chi connectivity index (χ1v) is 12.1. The molecular weight excluding hydrogens is 747 g/mol. The normalized spacial score (nSPS) is 14.0. The molecule has 2 aliphatic carbocycles. The standard InChI is InChI=1S/C19H3BF15.2C5H5.CH3.Zr/c1-20(2-5(21)11(27)17(33)12(28)6(2)22,3-7(23)13(29)18(34)14(30)8(3)24)4-9(25)15(31)19(35)16(32)10(4)26;2*1-2-4-5-3-1;;/h1H3;2*1-5H;1H3;/q-1;;;-1;+4. The van der Waals surface area contributed by atoms with Gasteiger partial charge in [-0.1, -0.05) is 0 Å². The van der Waals surface area contributed by atoms with Crippen molar-refractivity contribution in [2.24, 2.45) is 0 Å². The number of hydrogen-bond acceptors (Lipinski definition) is 0. The van der Waals surface area contributed by atoms with Crippen molar-refractivity contribution in [2.75, 3.05) is 0 Å². The molecule has 0 spiro atoms. The van der Waals surface area contributed by atoms with Crippen molar-refractivity contribution in [3.63, 3.8) is 0 Å². The molecule has 0 nitrogen and oxygen atoms in total. The van der Waals surface area contributed by atoms with E-state index in [0.29, 0.717) is 0 Å². The molecule has 2 saturated carbocycles. The number of halogens is 15. The Kier molecular flexibility index (Phi) is 15.7. The average Bonchev–Trinajstić information content (AvgIpc) is 3.79. The summed E-state index contributed by atoms with van der Waals surface area (Å²) >= 11 is 0. The van der Waals surface area contributed by atoms with Gasteiger partial charge in [-0.15, -0.1) is 16.4 Å². The molecule has 3 aromatic carbocycles. The van der Waals surface area contributed by atoms with Crippen LogP contribution < -0.4 is 16.4 Å². The van der Waals surface area contributed by atoms with Crippen LogP contribution in [0.15, 0.2) is 0 Å². The minimum absolute atomic E-state index is 0. The second-order valence-corrected chi connectivity index (χ2v) is 9.17. The van der Waals surface area contributed by atoms with Crippen LogP contribution in [-0.4, -0.2) is 6.15 Å². The monoisotopic (exact) mass is 762 g/mol. The zero-order valence-electron chi connectivity index (χ0n) is 23.5. The Balaban J connectivity index is 0.000000781. The smallest absolute Gasteiger partial charge is 0.358 e. The predicted molar refractivity (Wildman–Crippen MR) is 139 cm³/mol. The summed E-state index contributed by atoms with van der Waals surface area (Å²) in [4.78, 5) is 0. The molecule has 0 aromatic heterocycles. The van der Waals surface area contributed by atoms with Crippen LogP contribution in [0.4, 0.5) is 65.9 Å². The van der Waals surface area contributed by atoms with E-state index in [-0.39, 0.29) is 40.5 Å². The van der Waals surface area contributed by atoms with E-state index in [0.717, 1.165) is 0 Å². The van der Waals surface area contributed by atoms with Crippen molar-refractivity contribution in [2.45, 2.75) is 6.82 Å². The maximum atomic E-state index is 14.6. The van der Waals surface area contributed by atoms with Gasteiger partial charge in [0.05, 0.1) is 0 Å². The number of rotatable bonds is 3. The zero-order chi connectivity index (χ0) is 34.0. The second-order valence-electron chi connectivity index (χ2n) is 9.17. The molecule has 10 radical (unpaired) electrons. The van der Waals surface area contributed by atoms with Gasteiger partial charge in [0.25, 0.3) is 0 Å². The first-order valence-electron chi connectivity index (χ1n) is 12.1. The summed E-state index contributed by atoms with van der Waals surface area (Å²) in [5.41, 5.74) is -7.89. The molecule has 17 heteroatoms. The summed E-state index contributed by atoms with van der Waals surface area (Å²) in [6.45, 7) is -0.213. The van der Waals surface area contributed by atoms with Gasteiger partial charge in [0.15, 0.2) is 52.4 Å².